The Morgan fingerprint density at radius 2 is 1.85 bits per heavy atom. The zero-order valence-electron chi connectivity index (χ0n) is 15.1. The van der Waals surface area contributed by atoms with Crippen molar-refractivity contribution in [2.45, 2.75) is 26.3 Å². The van der Waals surface area contributed by atoms with Gasteiger partial charge < -0.3 is 5.32 Å². The van der Waals surface area contributed by atoms with Crippen LogP contribution in [0.25, 0.3) is 0 Å². The predicted octanol–water partition coefficient (Wildman–Crippen LogP) is 3.68. The number of nitrogens with zero attached hydrogens (tertiary/aromatic N) is 1. The first kappa shape index (κ1) is 20.3. The molecule has 2 aromatic carbocycles. The average Bonchev–Trinajstić information content (AvgIpc) is 2.58. The molecule has 26 heavy (non-hydrogen) atoms. The monoisotopic (exact) mass is 394 g/mol. The summed E-state index contributed by atoms with van der Waals surface area (Å²) >= 11 is 5.95. The summed E-state index contributed by atoms with van der Waals surface area (Å²) in [5.74, 6) is -0.361. The molecule has 1 atom stereocenters. The average molecular weight is 395 g/mol. The van der Waals surface area contributed by atoms with Gasteiger partial charge in [-0.1, -0.05) is 48.9 Å². The molecule has 0 aliphatic carbocycles. The summed E-state index contributed by atoms with van der Waals surface area (Å²) in [7, 11) is -3.63. The fraction of sp³-hybridized carbons (Fsp3) is 0.316. The van der Waals surface area contributed by atoms with Crippen molar-refractivity contribution in [2.75, 3.05) is 17.1 Å². The highest BCUT2D eigenvalue weighted by Gasteiger charge is 2.23. The van der Waals surface area contributed by atoms with Crippen molar-refractivity contribution in [3.05, 3.63) is 64.7 Å². The third-order valence-electron chi connectivity index (χ3n) is 4.06. The van der Waals surface area contributed by atoms with Gasteiger partial charge >= 0.3 is 0 Å². The SMILES string of the molecule is CCC(NC(=O)CN(c1ccc(Cl)cc1C)S(C)(=O)=O)c1ccccc1. The molecule has 1 amide bonds. The van der Waals surface area contributed by atoms with Gasteiger partial charge in [0, 0.05) is 5.02 Å². The van der Waals surface area contributed by atoms with E-state index in [4.69, 9.17) is 11.6 Å². The highest BCUT2D eigenvalue weighted by molar-refractivity contribution is 7.92. The third kappa shape index (κ3) is 5.22. The van der Waals surface area contributed by atoms with E-state index >= 15 is 0 Å². The first-order valence-corrected chi connectivity index (χ1v) is 10.5. The van der Waals surface area contributed by atoms with Crippen molar-refractivity contribution >= 4 is 33.2 Å². The molecule has 2 rings (SSSR count). The summed E-state index contributed by atoms with van der Waals surface area (Å²) in [6.45, 7) is 3.44. The molecule has 140 valence electrons. The molecular weight excluding hydrogens is 372 g/mol. The molecule has 0 fully saturated rings. The van der Waals surface area contributed by atoms with Crippen molar-refractivity contribution < 1.29 is 13.2 Å². The molecule has 2 aromatic rings. The topological polar surface area (TPSA) is 66.5 Å². The van der Waals surface area contributed by atoms with Crippen LogP contribution in [0.4, 0.5) is 5.69 Å². The molecule has 0 spiro atoms. The summed E-state index contributed by atoms with van der Waals surface area (Å²) in [5.41, 5.74) is 2.11. The second-order valence-electron chi connectivity index (χ2n) is 6.14. The molecule has 1 unspecified atom stereocenters. The highest BCUT2D eigenvalue weighted by Crippen LogP contribution is 2.25. The molecule has 0 aromatic heterocycles. The first-order chi connectivity index (χ1) is 12.2. The lowest BCUT2D eigenvalue weighted by atomic mass is 10.0. The van der Waals surface area contributed by atoms with Crippen LogP contribution in [0.1, 0.15) is 30.5 Å². The molecule has 0 aliphatic heterocycles. The van der Waals surface area contributed by atoms with E-state index in [1.54, 1.807) is 25.1 Å². The largest absolute Gasteiger partial charge is 0.348 e. The van der Waals surface area contributed by atoms with Crippen LogP contribution in [-0.2, 0) is 14.8 Å². The molecule has 0 saturated heterocycles. The van der Waals surface area contributed by atoms with Gasteiger partial charge in [-0.15, -0.1) is 0 Å². The van der Waals surface area contributed by atoms with E-state index in [0.29, 0.717) is 22.7 Å². The van der Waals surface area contributed by atoms with E-state index < -0.39 is 10.0 Å². The normalized spacial score (nSPS) is 12.5. The Labute approximate surface area is 160 Å². The molecular formula is C19H23ClN2O3S. The van der Waals surface area contributed by atoms with E-state index in [0.717, 1.165) is 16.1 Å². The van der Waals surface area contributed by atoms with Crippen LogP contribution in [0.2, 0.25) is 5.02 Å². The van der Waals surface area contributed by atoms with Gasteiger partial charge in [0.15, 0.2) is 0 Å². The second-order valence-corrected chi connectivity index (χ2v) is 8.48. The second kappa shape index (κ2) is 8.56. The Hall–Kier alpha value is -2.05. The van der Waals surface area contributed by atoms with Crippen LogP contribution >= 0.6 is 11.6 Å². The molecule has 0 aliphatic rings. The molecule has 0 saturated carbocycles. The Morgan fingerprint density at radius 1 is 1.19 bits per heavy atom. The van der Waals surface area contributed by atoms with Crippen LogP contribution in [0, 0.1) is 6.92 Å². The van der Waals surface area contributed by atoms with Gasteiger partial charge in [0.05, 0.1) is 18.0 Å². The zero-order chi connectivity index (χ0) is 19.3. The summed E-state index contributed by atoms with van der Waals surface area (Å²) in [4.78, 5) is 12.6. The molecule has 0 bridgehead atoms. The quantitative estimate of drug-likeness (QED) is 0.778. The van der Waals surface area contributed by atoms with Gasteiger partial charge in [-0.3, -0.25) is 9.10 Å². The number of carbonyl (C=O) groups excluding carboxylic acids is 1. The van der Waals surface area contributed by atoms with E-state index in [1.807, 2.05) is 37.3 Å². The van der Waals surface area contributed by atoms with E-state index in [-0.39, 0.29) is 18.5 Å². The number of amides is 1. The standard InChI is InChI=1S/C19H23ClN2O3S/c1-4-17(15-8-6-5-7-9-15)21-19(23)13-22(26(3,24)25)18-11-10-16(20)12-14(18)2/h5-12,17H,4,13H2,1-3H3,(H,21,23). The van der Waals surface area contributed by atoms with Gasteiger partial charge in [-0.2, -0.15) is 0 Å². The maximum absolute atomic E-state index is 12.6. The number of nitrogens with one attached hydrogen (secondary N) is 1. The van der Waals surface area contributed by atoms with Crippen LogP contribution in [0.3, 0.4) is 0 Å². The van der Waals surface area contributed by atoms with Crippen LogP contribution < -0.4 is 9.62 Å². The van der Waals surface area contributed by atoms with Gasteiger partial charge in [-0.25, -0.2) is 8.42 Å². The molecule has 5 nitrogen and oxygen atoms in total. The number of carbonyl (C=O) groups is 1. The van der Waals surface area contributed by atoms with Crippen LogP contribution in [-0.4, -0.2) is 27.1 Å². The number of rotatable bonds is 7. The molecule has 0 radical (unpaired) electrons. The number of aryl methyl sites for hydroxylation is 1. The van der Waals surface area contributed by atoms with E-state index in [1.165, 1.54) is 0 Å². The summed E-state index contributed by atoms with van der Waals surface area (Å²) in [6.07, 6.45) is 1.79. The third-order valence-corrected chi connectivity index (χ3v) is 5.42. The Balaban J connectivity index is 2.22. The molecule has 1 N–H and O–H groups in total. The first-order valence-electron chi connectivity index (χ1n) is 8.30. The number of benzene rings is 2. The lowest BCUT2D eigenvalue weighted by Crippen LogP contribution is -2.41. The Kier molecular flexibility index (Phi) is 6.67. The van der Waals surface area contributed by atoms with Crippen molar-refractivity contribution in [3.63, 3.8) is 0 Å². The van der Waals surface area contributed by atoms with E-state index in [9.17, 15) is 13.2 Å². The highest BCUT2D eigenvalue weighted by atomic mass is 35.5. The van der Waals surface area contributed by atoms with Gasteiger partial charge in [0.1, 0.15) is 6.54 Å². The zero-order valence-corrected chi connectivity index (χ0v) is 16.6. The van der Waals surface area contributed by atoms with Crippen LogP contribution in [0.15, 0.2) is 48.5 Å². The lowest BCUT2D eigenvalue weighted by Gasteiger charge is -2.25. The van der Waals surface area contributed by atoms with Gasteiger partial charge in [0.25, 0.3) is 0 Å². The minimum Gasteiger partial charge on any atom is -0.348 e. The minimum absolute atomic E-state index is 0.170. The van der Waals surface area contributed by atoms with Crippen molar-refractivity contribution in [1.82, 2.24) is 5.32 Å². The number of halogens is 1. The predicted molar refractivity (Wildman–Crippen MR) is 106 cm³/mol. The lowest BCUT2D eigenvalue weighted by molar-refractivity contribution is -0.120. The number of hydrogen-bond acceptors (Lipinski definition) is 3. The van der Waals surface area contributed by atoms with Gasteiger partial charge in [0.2, 0.25) is 15.9 Å². The maximum Gasteiger partial charge on any atom is 0.241 e. The van der Waals surface area contributed by atoms with Crippen molar-refractivity contribution in [2.24, 2.45) is 0 Å². The Morgan fingerprint density at radius 3 is 2.38 bits per heavy atom. The van der Waals surface area contributed by atoms with Gasteiger partial charge in [-0.05, 0) is 42.7 Å². The smallest absolute Gasteiger partial charge is 0.241 e. The fourth-order valence-electron chi connectivity index (χ4n) is 2.76. The minimum atomic E-state index is -3.63. The summed E-state index contributed by atoms with van der Waals surface area (Å²) in [5, 5.41) is 3.43. The number of anilines is 1. The summed E-state index contributed by atoms with van der Waals surface area (Å²) in [6, 6.07) is 14.3. The van der Waals surface area contributed by atoms with Crippen LogP contribution in [0.5, 0.6) is 0 Å². The molecule has 0 heterocycles. The van der Waals surface area contributed by atoms with Crippen molar-refractivity contribution in [3.8, 4) is 0 Å². The fourth-order valence-corrected chi connectivity index (χ4v) is 3.90. The molecule has 7 heteroatoms. The summed E-state index contributed by atoms with van der Waals surface area (Å²) < 4.78 is 25.6. The Bertz CT molecular complexity index is 870. The number of hydrogen-bond donors (Lipinski definition) is 1. The van der Waals surface area contributed by atoms with Crippen molar-refractivity contribution in [1.29, 1.82) is 0 Å². The maximum atomic E-state index is 12.6. The van der Waals surface area contributed by atoms with E-state index in [2.05, 4.69) is 5.32 Å². The number of sulfonamides is 1.